The van der Waals surface area contributed by atoms with E-state index in [0.717, 1.165) is 25.2 Å². The van der Waals surface area contributed by atoms with Gasteiger partial charge in [0.2, 0.25) is 0 Å². The zero-order valence-corrected chi connectivity index (χ0v) is 12.1. The highest BCUT2D eigenvalue weighted by Crippen LogP contribution is 2.16. The molecule has 1 aromatic carbocycles. The molecular weight excluding hydrogens is 234 g/mol. The lowest BCUT2D eigenvalue weighted by atomic mass is 10.0. The minimum Gasteiger partial charge on any atom is -0.338 e. The lowest BCUT2D eigenvalue weighted by molar-refractivity contribution is 0.570. The summed E-state index contributed by atoms with van der Waals surface area (Å²) in [6, 6.07) is 9.18. The van der Waals surface area contributed by atoms with Crippen LogP contribution < -0.4 is 5.32 Å². The smallest absolute Gasteiger partial charge is 0.112 e. The van der Waals surface area contributed by atoms with Crippen LogP contribution in [0.15, 0.2) is 36.7 Å². The summed E-state index contributed by atoms with van der Waals surface area (Å²) in [5, 5.41) is 3.53. The van der Waals surface area contributed by atoms with Crippen LogP contribution in [-0.4, -0.2) is 16.1 Å². The quantitative estimate of drug-likeness (QED) is 0.862. The maximum Gasteiger partial charge on any atom is 0.112 e. The van der Waals surface area contributed by atoms with Crippen LogP contribution in [0.5, 0.6) is 0 Å². The van der Waals surface area contributed by atoms with Crippen LogP contribution in [0.25, 0.3) is 0 Å². The fraction of sp³-hybridized carbons (Fsp3) is 0.438. The summed E-state index contributed by atoms with van der Waals surface area (Å²) in [4.78, 5) is 4.38. The van der Waals surface area contributed by atoms with Gasteiger partial charge in [0.05, 0.1) is 0 Å². The van der Waals surface area contributed by atoms with Crippen molar-refractivity contribution in [1.82, 2.24) is 14.9 Å². The fourth-order valence-corrected chi connectivity index (χ4v) is 2.20. The molecule has 2 aromatic rings. The molecule has 0 saturated heterocycles. The van der Waals surface area contributed by atoms with Gasteiger partial charge in [-0.25, -0.2) is 4.98 Å². The summed E-state index contributed by atoms with van der Waals surface area (Å²) in [5.74, 6) is 1.10. The van der Waals surface area contributed by atoms with Crippen LogP contribution in [0, 0.1) is 0 Å². The molecule has 1 unspecified atom stereocenters. The number of hydrogen-bond acceptors (Lipinski definition) is 2. The average molecular weight is 257 g/mol. The maximum atomic E-state index is 4.38. The van der Waals surface area contributed by atoms with Crippen molar-refractivity contribution in [3.05, 3.63) is 53.6 Å². The second kappa shape index (κ2) is 6.53. The summed E-state index contributed by atoms with van der Waals surface area (Å²) in [6.07, 6.45) is 5.89. The standard InChI is InChI=1S/C16H23N3/c1-4-8-17-13(2)15-7-5-6-14(11-15)12-16-18-9-10-19(16)3/h5-7,9-11,13,17H,4,8,12H2,1-3H3. The first-order valence-corrected chi connectivity index (χ1v) is 6.99. The SMILES string of the molecule is CCCNC(C)c1cccc(Cc2nccn2C)c1. The summed E-state index contributed by atoms with van der Waals surface area (Å²) >= 11 is 0. The van der Waals surface area contributed by atoms with E-state index < -0.39 is 0 Å². The number of rotatable bonds is 6. The van der Waals surface area contributed by atoms with E-state index in [4.69, 9.17) is 0 Å². The molecule has 2 rings (SSSR count). The summed E-state index contributed by atoms with van der Waals surface area (Å²) < 4.78 is 2.07. The molecule has 1 atom stereocenters. The van der Waals surface area contributed by atoms with Crippen LogP contribution in [0.1, 0.15) is 43.3 Å². The molecule has 0 fully saturated rings. The number of imidazole rings is 1. The molecule has 0 bridgehead atoms. The minimum atomic E-state index is 0.404. The predicted octanol–water partition coefficient (Wildman–Crippen LogP) is 3.07. The van der Waals surface area contributed by atoms with E-state index in [0.29, 0.717) is 6.04 Å². The van der Waals surface area contributed by atoms with Gasteiger partial charge in [0, 0.05) is 31.9 Å². The van der Waals surface area contributed by atoms with Crippen LogP contribution in [0.2, 0.25) is 0 Å². The Kier molecular flexibility index (Phi) is 4.74. The van der Waals surface area contributed by atoms with E-state index in [1.165, 1.54) is 11.1 Å². The number of nitrogens with zero attached hydrogens (tertiary/aromatic N) is 2. The largest absolute Gasteiger partial charge is 0.338 e. The third-order valence-corrected chi connectivity index (χ3v) is 3.43. The zero-order valence-electron chi connectivity index (χ0n) is 12.1. The Bertz CT molecular complexity index is 516. The van der Waals surface area contributed by atoms with Crippen molar-refractivity contribution in [2.45, 2.75) is 32.7 Å². The Hall–Kier alpha value is -1.61. The number of aromatic nitrogens is 2. The second-order valence-corrected chi connectivity index (χ2v) is 5.05. The van der Waals surface area contributed by atoms with Gasteiger partial charge in [-0.05, 0) is 31.0 Å². The van der Waals surface area contributed by atoms with Gasteiger partial charge in [-0.3, -0.25) is 0 Å². The molecule has 102 valence electrons. The Morgan fingerprint density at radius 2 is 2.21 bits per heavy atom. The lowest BCUT2D eigenvalue weighted by Crippen LogP contribution is -2.19. The Labute approximate surface area is 115 Å². The minimum absolute atomic E-state index is 0.404. The molecule has 1 N–H and O–H groups in total. The molecule has 0 amide bonds. The van der Waals surface area contributed by atoms with Crippen molar-refractivity contribution in [3.63, 3.8) is 0 Å². The molecule has 3 nitrogen and oxygen atoms in total. The normalized spacial score (nSPS) is 12.6. The van der Waals surface area contributed by atoms with Crippen molar-refractivity contribution in [1.29, 1.82) is 0 Å². The number of aryl methyl sites for hydroxylation is 1. The Balaban J connectivity index is 2.09. The first kappa shape index (κ1) is 13.8. The summed E-state index contributed by atoms with van der Waals surface area (Å²) in [6.45, 7) is 5.47. The Morgan fingerprint density at radius 3 is 2.89 bits per heavy atom. The van der Waals surface area contributed by atoms with E-state index in [9.17, 15) is 0 Å². The molecule has 1 aromatic heterocycles. The van der Waals surface area contributed by atoms with Crippen LogP contribution >= 0.6 is 0 Å². The number of benzene rings is 1. The topological polar surface area (TPSA) is 29.9 Å². The highest BCUT2D eigenvalue weighted by molar-refractivity contribution is 5.28. The molecular formula is C16H23N3. The van der Waals surface area contributed by atoms with Gasteiger partial charge in [0.15, 0.2) is 0 Å². The highest BCUT2D eigenvalue weighted by Gasteiger charge is 2.06. The monoisotopic (exact) mass is 257 g/mol. The van der Waals surface area contributed by atoms with Gasteiger partial charge >= 0.3 is 0 Å². The van der Waals surface area contributed by atoms with Crippen LogP contribution in [0.3, 0.4) is 0 Å². The van der Waals surface area contributed by atoms with E-state index in [1.807, 2.05) is 19.4 Å². The van der Waals surface area contributed by atoms with Crippen molar-refractivity contribution in [3.8, 4) is 0 Å². The second-order valence-electron chi connectivity index (χ2n) is 5.05. The van der Waals surface area contributed by atoms with Crippen molar-refractivity contribution >= 4 is 0 Å². The first-order valence-electron chi connectivity index (χ1n) is 6.99. The maximum absolute atomic E-state index is 4.38. The fourth-order valence-electron chi connectivity index (χ4n) is 2.20. The third-order valence-electron chi connectivity index (χ3n) is 3.43. The first-order chi connectivity index (χ1) is 9.20. The predicted molar refractivity (Wildman–Crippen MR) is 79.2 cm³/mol. The molecule has 0 aliphatic heterocycles. The van der Waals surface area contributed by atoms with Gasteiger partial charge in [-0.1, -0.05) is 31.2 Å². The van der Waals surface area contributed by atoms with Crippen molar-refractivity contribution in [2.24, 2.45) is 7.05 Å². The highest BCUT2D eigenvalue weighted by atomic mass is 15.0. The van der Waals surface area contributed by atoms with Crippen LogP contribution in [-0.2, 0) is 13.5 Å². The molecule has 1 heterocycles. The lowest BCUT2D eigenvalue weighted by Gasteiger charge is -2.14. The molecule has 3 heteroatoms. The molecule has 0 saturated carbocycles. The molecule has 0 aliphatic carbocycles. The van der Waals surface area contributed by atoms with Gasteiger partial charge in [0.1, 0.15) is 5.82 Å². The van der Waals surface area contributed by atoms with Crippen molar-refractivity contribution in [2.75, 3.05) is 6.54 Å². The van der Waals surface area contributed by atoms with Gasteiger partial charge in [-0.2, -0.15) is 0 Å². The molecule has 0 radical (unpaired) electrons. The van der Waals surface area contributed by atoms with Gasteiger partial charge < -0.3 is 9.88 Å². The molecule has 19 heavy (non-hydrogen) atoms. The van der Waals surface area contributed by atoms with E-state index >= 15 is 0 Å². The third kappa shape index (κ3) is 3.67. The number of nitrogens with one attached hydrogen (secondary N) is 1. The van der Waals surface area contributed by atoms with Crippen molar-refractivity contribution < 1.29 is 0 Å². The van der Waals surface area contributed by atoms with Gasteiger partial charge in [-0.15, -0.1) is 0 Å². The van der Waals surface area contributed by atoms with E-state index in [-0.39, 0.29) is 0 Å². The van der Waals surface area contributed by atoms with Crippen LogP contribution in [0.4, 0.5) is 0 Å². The Morgan fingerprint density at radius 1 is 1.37 bits per heavy atom. The number of hydrogen-bond donors (Lipinski definition) is 1. The molecule has 0 spiro atoms. The average Bonchev–Trinajstić information content (AvgIpc) is 2.82. The molecule has 0 aliphatic rings. The zero-order chi connectivity index (χ0) is 13.7. The summed E-state index contributed by atoms with van der Waals surface area (Å²) in [5.41, 5.74) is 2.66. The van der Waals surface area contributed by atoms with Gasteiger partial charge in [0.25, 0.3) is 0 Å². The summed E-state index contributed by atoms with van der Waals surface area (Å²) in [7, 11) is 2.04. The van der Waals surface area contributed by atoms with E-state index in [2.05, 4.69) is 53.0 Å². The van der Waals surface area contributed by atoms with E-state index in [1.54, 1.807) is 0 Å².